The van der Waals surface area contributed by atoms with E-state index in [4.69, 9.17) is 0 Å². The SMILES string of the molecule is CN(C)c1ccc(Nc2ccc(C(=O)N3CCN(C=O)CC3)nn2)cc1. The molecule has 0 radical (unpaired) electrons. The van der Waals surface area contributed by atoms with Gasteiger partial charge in [-0.2, -0.15) is 0 Å². The van der Waals surface area contributed by atoms with Crippen LogP contribution in [0.15, 0.2) is 36.4 Å². The summed E-state index contributed by atoms with van der Waals surface area (Å²) in [5.74, 6) is 0.412. The van der Waals surface area contributed by atoms with Crippen LogP contribution in [0.1, 0.15) is 10.5 Å². The minimum atomic E-state index is -0.162. The first-order valence-corrected chi connectivity index (χ1v) is 8.43. The Morgan fingerprint density at radius 3 is 2.27 bits per heavy atom. The molecule has 2 heterocycles. The summed E-state index contributed by atoms with van der Waals surface area (Å²) < 4.78 is 0. The van der Waals surface area contributed by atoms with Gasteiger partial charge in [0.2, 0.25) is 6.41 Å². The van der Waals surface area contributed by atoms with E-state index >= 15 is 0 Å². The van der Waals surface area contributed by atoms with E-state index in [0.717, 1.165) is 17.8 Å². The Morgan fingerprint density at radius 2 is 1.73 bits per heavy atom. The summed E-state index contributed by atoms with van der Waals surface area (Å²) >= 11 is 0. The summed E-state index contributed by atoms with van der Waals surface area (Å²) in [5.41, 5.74) is 2.31. The molecule has 1 saturated heterocycles. The maximum Gasteiger partial charge on any atom is 0.274 e. The minimum absolute atomic E-state index is 0.162. The molecule has 26 heavy (non-hydrogen) atoms. The van der Waals surface area contributed by atoms with E-state index in [9.17, 15) is 9.59 Å². The number of carbonyl (C=O) groups is 2. The highest BCUT2D eigenvalue weighted by atomic mass is 16.2. The molecule has 3 rings (SSSR count). The van der Waals surface area contributed by atoms with Crippen LogP contribution >= 0.6 is 0 Å². The van der Waals surface area contributed by atoms with Gasteiger partial charge in [0, 0.05) is 51.6 Å². The van der Waals surface area contributed by atoms with Gasteiger partial charge in [-0.3, -0.25) is 9.59 Å². The number of nitrogens with zero attached hydrogens (tertiary/aromatic N) is 5. The summed E-state index contributed by atoms with van der Waals surface area (Å²) in [6.07, 6.45) is 0.813. The Bertz CT molecular complexity index is 752. The van der Waals surface area contributed by atoms with Crippen LogP contribution in [0.25, 0.3) is 0 Å². The van der Waals surface area contributed by atoms with Gasteiger partial charge >= 0.3 is 0 Å². The number of nitrogens with one attached hydrogen (secondary N) is 1. The lowest BCUT2D eigenvalue weighted by Crippen LogP contribution is -2.48. The molecule has 0 saturated carbocycles. The molecule has 0 spiro atoms. The van der Waals surface area contributed by atoms with E-state index in [1.807, 2.05) is 43.3 Å². The van der Waals surface area contributed by atoms with Crippen LogP contribution < -0.4 is 10.2 Å². The van der Waals surface area contributed by atoms with Gasteiger partial charge in [-0.15, -0.1) is 10.2 Å². The molecule has 1 aromatic carbocycles. The molecule has 2 amide bonds. The zero-order valence-electron chi connectivity index (χ0n) is 14.9. The molecule has 2 aromatic rings. The average Bonchev–Trinajstić information content (AvgIpc) is 2.68. The second-order valence-corrected chi connectivity index (χ2v) is 6.30. The number of rotatable bonds is 5. The van der Waals surface area contributed by atoms with Crippen molar-refractivity contribution >= 4 is 29.5 Å². The van der Waals surface area contributed by atoms with Gasteiger partial charge < -0.3 is 20.0 Å². The third-order valence-corrected chi connectivity index (χ3v) is 4.29. The van der Waals surface area contributed by atoms with E-state index in [2.05, 4.69) is 15.5 Å². The van der Waals surface area contributed by atoms with E-state index in [-0.39, 0.29) is 5.91 Å². The van der Waals surface area contributed by atoms with Crippen LogP contribution in [0.4, 0.5) is 17.2 Å². The highest BCUT2D eigenvalue weighted by Crippen LogP contribution is 2.19. The second-order valence-electron chi connectivity index (χ2n) is 6.30. The molecule has 1 fully saturated rings. The first-order valence-electron chi connectivity index (χ1n) is 8.43. The molecule has 0 aliphatic carbocycles. The Balaban J connectivity index is 1.61. The van der Waals surface area contributed by atoms with Crippen molar-refractivity contribution in [3.63, 3.8) is 0 Å². The largest absolute Gasteiger partial charge is 0.378 e. The van der Waals surface area contributed by atoms with Crippen LogP contribution in [-0.4, -0.2) is 72.6 Å². The van der Waals surface area contributed by atoms with Gasteiger partial charge in [-0.1, -0.05) is 0 Å². The number of aromatic nitrogens is 2. The lowest BCUT2D eigenvalue weighted by Gasteiger charge is -2.32. The standard InChI is InChI=1S/C18H22N6O2/c1-22(2)15-5-3-14(4-6-15)19-17-8-7-16(20-21-17)18(26)24-11-9-23(13-25)10-12-24/h3-8,13H,9-12H2,1-2H3,(H,19,21). The van der Waals surface area contributed by atoms with E-state index < -0.39 is 0 Å². The molecule has 1 aromatic heterocycles. The van der Waals surface area contributed by atoms with Crippen molar-refractivity contribution in [1.82, 2.24) is 20.0 Å². The first-order chi connectivity index (χ1) is 12.6. The van der Waals surface area contributed by atoms with Gasteiger partial charge in [0.05, 0.1) is 0 Å². The van der Waals surface area contributed by atoms with Crippen molar-refractivity contribution < 1.29 is 9.59 Å². The van der Waals surface area contributed by atoms with Crippen molar-refractivity contribution in [1.29, 1.82) is 0 Å². The third kappa shape index (κ3) is 4.08. The van der Waals surface area contributed by atoms with E-state index in [1.165, 1.54) is 0 Å². The van der Waals surface area contributed by atoms with Gasteiger partial charge in [0.15, 0.2) is 11.5 Å². The number of carbonyl (C=O) groups excluding carboxylic acids is 2. The molecular formula is C18H22N6O2. The fourth-order valence-electron chi connectivity index (χ4n) is 2.70. The van der Waals surface area contributed by atoms with Crippen molar-refractivity contribution in [2.75, 3.05) is 50.5 Å². The van der Waals surface area contributed by atoms with Gasteiger partial charge in [0.1, 0.15) is 0 Å². The summed E-state index contributed by atoms with van der Waals surface area (Å²) in [5, 5.41) is 11.3. The normalized spacial score (nSPS) is 14.1. The monoisotopic (exact) mass is 354 g/mol. The molecule has 0 atom stereocenters. The van der Waals surface area contributed by atoms with Crippen LogP contribution in [0, 0.1) is 0 Å². The third-order valence-electron chi connectivity index (χ3n) is 4.29. The van der Waals surface area contributed by atoms with Crippen LogP contribution in [0.5, 0.6) is 0 Å². The predicted octanol–water partition coefficient (Wildman–Crippen LogP) is 1.20. The predicted molar refractivity (Wildman–Crippen MR) is 99.6 cm³/mol. The number of anilines is 3. The highest BCUT2D eigenvalue weighted by Gasteiger charge is 2.22. The maximum absolute atomic E-state index is 12.5. The van der Waals surface area contributed by atoms with E-state index in [1.54, 1.807) is 21.9 Å². The number of amides is 2. The summed E-state index contributed by atoms with van der Waals surface area (Å²) in [6.45, 7) is 2.12. The molecule has 0 unspecified atom stereocenters. The maximum atomic E-state index is 12.5. The topological polar surface area (TPSA) is 81.7 Å². The first kappa shape index (κ1) is 17.7. The average molecular weight is 354 g/mol. The van der Waals surface area contributed by atoms with Gasteiger partial charge in [-0.05, 0) is 36.4 Å². The molecular weight excluding hydrogens is 332 g/mol. The number of hydrogen-bond donors (Lipinski definition) is 1. The Hall–Kier alpha value is -3.16. The Kier molecular flexibility index (Phi) is 5.31. The zero-order chi connectivity index (χ0) is 18.5. The number of piperazine rings is 1. The van der Waals surface area contributed by atoms with Gasteiger partial charge in [0.25, 0.3) is 5.91 Å². The van der Waals surface area contributed by atoms with Crippen molar-refractivity contribution in [3.05, 3.63) is 42.1 Å². The van der Waals surface area contributed by atoms with Crippen LogP contribution in [-0.2, 0) is 4.79 Å². The lowest BCUT2D eigenvalue weighted by molar-refractivity contribution is -0.119. The number of hydrogen-bond acceptors (Lipinski definition) is 6. The smallest absolute Gasteiger partial charge is 0.274 e. The van der Waals surface area contributed by atoms with Crippen molar-refractivity contribution in [2.24, 2.45) is 0 Å². The van der Waals surface area contributed by atoms with Gasteiger partial charge in [-0.25, -0.2) is 0 Å². The summed E-state index contributed by atoms with van der Waals surface area (Å²) in [6, 6.07) is 11.3. The van der Waals surface area contributed by atoms with E-state index in [0.29, 0.717) is 37.7 Å². The second kappa shape index (κ2) is 7.81. The molecule has 136 valence electrons. The Labute approximate surface area is 152 Å². The van der Waals surface area contributed by atoms with Crippen LogP contribution in [0.3, 0.4) is 0 Å². The summed E-state index contributed by atoms with van der Waals surface area (Å²) in [4.78, 5) is 28.6. The van der Waals surface area contributed by atoms with Crippen molar-refractivity contribution in [3.8, 4) is 0 Å². The minimum Gasteiger partial charge on any atom is -0.378 e. The molecule has 0 bridgehead atoms. The lowest BCUT2D eigenvalue weighted by atomic mass is 10.2. The number of benzene rings is 1. The van der Waals surface area contributed by atoms with Crippen molar-refractivity contribution in [2.45, 2.75) is 0 Å². The highest BCUT2D eigenvalue weighted by molar-refractivity contribution is 5.92. The molecule has 8 heteroatoms. The molecule has 1 N–H and O–H groups in total. The zero-order valence-corrected chi connectivity index (χ0v) is 14.9. The molecule has 8 nitrogen and oxygen atoms in total. The molecule has 1 aliphatic rings. The fraction of sp³-hybridized carbons (Fsp3) is 0.333. The fourth-order valence-corrected chi connectivity index (χ4v) is 2.70. The van der Waals surface area contributed by atoms with Crippen LogP contribution in [0.2, 0.25) is 0 Å². The summed E-state index contributed by atoms with van der Waals surface area (Å²) in [7, 11) is 3.98. The quantitative estimate of drug-likeness (QED) is 0.813. The molecule has 1 aliphatic heterocycles. The Morgan fingerprint density at radius 1 is 1.04 bits per heavy atom.